The van der Waals surface area contributed by atoms with Crippen molar-refractivity contribution in [1.29, 1.82) is 0 Å². The third-order valence-corrected chi connectivity index (χ3v) is 12.0. The van der Waals surface area contributed by atoms with Crippen molar-refractivity contribution in [1.82, 2.24) is 0 Å². The maximum Gasteiger partial charge on any atom is 0.453 e. The lowest BCUT2D eigenvalue weighted by Gasteiger charge is -2.57. The highest BCUT2D eigenvalue weighted by Gasteiger charge is 2.77. The molecule has 5 atom stereocenters. The highest BCUT2D eigenvalue weighted by atomic mass is 32.2. The van der Waals surface area contributed by atoms with Gasteiger partial charge in [-0.05, 0) is 108 Å². The van der Waals surface area contributed by atoms with Gasteiger partial charge in [-0.1, -0.05) is 87.9 Å². The van der Waals surface area contributed by atoms with E-state index in [0.717, 1.165) is 47.9 Å². The molecule has 0 N–H and O–H groups in total. The summed E-state index contributed by atoms with van der Waals surface area (Å²) in [7, 11) is 0. The van der Waals surface area contributed by atoms with Crippen LogP contribution in [0.15, 0.2) is 88.4 Å². The topological polar surface area (TPSA) is 0 Å². The number of hydrogen-bond acceptors (Lipinski definition) is 1. The van der Waals surface area contributed by atoms with E-state index in [2.05, 4.69) is 61.2 Å². The minimum Gasteiger partial charge on any atom is -0.196 e. The summed E-state index contributed by atoms with van der Waals surface area (Å²) in [5.74, 6) is -5.13. The molecule has 2 aromatic carbocycles. The number of hydrogen-bond donors (Lipinski definition) is 0. The van der Waals surface area contributed by atoms with Gasteiger partial charge < -0.3 is 0 Å². The van der Waals surface area contributed by atoms with Crippen molar-refractivity contribution in [3.05, 3.63) is 89.0 Å². The Morgan fingerprint density at radius 1 is 0.837 bits per heavy atom. The van der Waals surface area contributed by atoms with Crippen molar-refractivity contribution in [3.63, 3.8) is 0 Å². The highest BCUT2D eigenvalue weighted by Crippen LogP contribution is 2.74. The first-order valence-electron chi connectivity index (χ1n) is 15.6. The quantitative estimate of drug-likeness (QED) is 0.244. The standard InChI is InChI=1S/C35H37F5S.C2H6/c1-21-5-15-27-25(19-21)12-16-28-30-17-18-33(3,34(36,37)35(38,39)40)32(30,2)20-29(31(27)28)24-8-6-22(7-9-24)23-10-13-26(41-4)14-11-23;1-2/h6-11,13-14,19,28-30H,1,5,12,15-18,20H2,2-4H3;1-2H3/t28?,29?,30?,32?,33-;/m1./s1. The average Bonchev–Trinajstić information content (AvgIpc) is 3.28. The lowest BCUT2D eigenvalue weighted by molar-refractivity contribution is -0.341. The molecule has 0 amide bonds. The van der Waals surface area contributed by atoms with Gasteiger partial charge in [-0.15, -0.1) is 11.8 Å². The maximum absolute atomic E-state index is 15.4. The lowest BCUT2D eigenvalue weighted by Crippen LogP contribution is -2.59. The first-order valence-corrected chi connectivity index (χ1v) is 16.8. The van der Waals surface area contributed by atoms with Gasteiger partial charge in [0.2, 0.25) is 0 Å². The average molecular weight is 615 g/mol. The fourth-order valence-electron chi connectivity index (χ4n) is 8.81. The van der Waals surface area contributed by atoms with Crippen molar-refractivity contribution < 1.29 is 22.0 Å². The first-order chi connectivity index (χ1) is 20.3. The van der Waals surface area contributed by atoms with Crippen LogP contribution in [0.1, 0.15) is 84.1 Å². The molecule has 4 unspecified atom stereocenters. The van der Waals surface area contributed by atoms with Gasteiger partial charge in [-0.3, -0.25) is 0 Å². The molecule has 6 heteroatoms. The van der Waals surface area contributed by atoms with Crippen LogP contribution >= 0.6 is 11.8 Å². The van der Waals surface area contributed by atoms with E-state index >= 15 is 8.78 Å². The molecule has 0 saturated heterocycles. The lowest BCUT2D eigenvalue weighted by atomic mass is 9.48. The van der Waals surface area contributed by atoms with Crippen LogP contribution in [0.5, 0.6) is 0 Å². The molecule has 0 spiro atoms. The smallest absolute Gasteiger partial charge is 0.196 e. The third kappa shape index (κ3) is 5.04. The number of halogens is 5. The van der Waals surface area contributed by atoms with Crippen LogP contribution in [0.3, 0.4) is 0 Å². The summed E-state index contributed by atoms with van der Waals surface area (Å²) in [6, 6.07) is 16.6. The number of thioether (sulfide) groups is 1. The molecule has 6 rings (SSSR count). The van der Waals surface area contributed by atoms with Gasteiger partial charge in [0.25, 0.3) is 0 Å². The Bertz CT molecular complexity index is 1410. The second-order valence-electron chi connectivity index (χ2n) is 13.0. The zero-order valence-electron chi connectivity index (χ0n) is 25.9. The van der Waals surface area contributed by atoms with Gasteiger partial charge in [0.15, 0.2) is 0 Å². The Kier molecular flexibility index (Phi) is 8.61. The van der Waals surface area contributed by atoms with E-state index < -0.39 is 22.9 Å². The van der Waals surface area contributed by atoms with E-state index in [1.54, 1.807) is 18.7 Å². The minimum absolute atomic E-state index is 0.0156. The van der Waals surface area contributed by atoms with E-state index in [1.807, 2.05) is 20.1 Å². The number of benzene rings is 2. The van der Waals surface area contributed by atoms with Crippen LogP contribution in [0.2, 0.25) is 0 Å². The van der Waals surface area contributed by atoms with Crippen molar-refractivity contribution in [2.24, 2.45) is 22.7 Å². The second kappa shape index (κ2) is 11.5. The fraction of sp³-hybridized carbons (Fsp3) is 0.514. The molecule has 2 aromatic rings. The van der Waals surface area contributed by atoms with Gasteiger partial charge in [0.05, 0.1) is 0 Å². The molecular formula is C37H43F5S. The fourth-order valence-corrected chi connectivity index (χ4v) is 9.22. The molecule has 43 heavy (non-hydrogen) atoms. The summed E-state index contributed by atoms with van der Waals surface area (Å²) in [4.78, 5) is 1.18. The van der Waals surface area contributed by atoms with Crippen LogP contribution < -0.4 is 0 Å². The van der Waals surface area contributed by atoms with E-state index in [0.29, 0.717) is 12.8 Å². The van der Waals surface area contributed by atoms with E-state index in [9.17, 15) is 13.2 Å². The van der Waals surface area contributed by atoms with Crippen LogP contribution in [0.4, 0.5) is 22.0 Å². The van der Waals surface area contributed by atoms with Gasteiger partial charge in [0.1, 0.15) is 0 Å². The zero-order valence-corrected chi connectivity index (χ0v) is 26.7. The zero-order chi connectivity index (χ0) is 31.4. The van der Waals surface area contributed by atoms with Gasteiger partial charge >= 0.3 is 12.1 Å². The molecule has 4 aliphatic rings. The van der Waals surface area contributed by atoms with E-state index in [-0.39, 0.29) is 24.2 Å². The molecule has 2 fully saturated rings. The van der Waals surface area contributed by atoms with Crippen molar-refractivity contribution in [3.8, 4) is 11.1 Å². The molecule has 0 nitrogen and oxygen atoms in total. The molecule has 0 heterocycles. The van der Waals surface area contributed by atoms with Crippen LogP contribution in [-0.2, 0) is 0 Å². The summed E-state index contributed by atoms with van der Waals surface area (Å²) in [5.41, 5.74) is 4.85. The number of allylic oxidation sites excluding steroid dienone is 5. The van der Waals surface area contributed by atoms with Crippen molar-refractivity contribution in [2.45, 2.75) is 95.6 Å². The predicted molar refractivity (Wildman–Crippen MR) is 169 cm³/mol. The molecule has 0 aromatic heterocycles. The maximum atomic E-state index is 15.4. The van der Waals surface area contributed by atoms with Crippen LogP contribution in [0, 0.1) is 22.7 Å². The summed E-state index contributed by atoms with van der Waals surface area (Å²) >= 11 is 1.68. The second-order valence-corrected chi connectivity index (χ2v) is 13.9. The Hall–Kier alpha value is -2.34. The van der Waals surface area contributed by atoms with Gasteiger partial charge in [-0.2, -0.15) is 22.0 Å². The molecule has 0 bridgehead atoms. The molecule has 2 saturated carbocycles. The molecular weight excluding hydrogens is 571 g/mol. The van der Waals surface area contributed by atoms with Crippen molar-refractivity contribution in [2.75, 3.05) is 6.26 Å². The Morgan fingerprint density at radius 3 is 2.02 bits per heavy atom. The SMILES string of the molecule is C=C1C=C2CCC3C(=C2CC1)C(c1ccc(-c2ccc(SC)cc2)cc1)CC1(C)C3CC[C@@]1(C)C(F)(F)C(F)(F)F.CC. The number of alkyl halides is 5. The number of fused-ring (bicyclic) bond motifs is 4. The summed E-state index contributed by atoms with van der Waals surface area (Å²) < 4.78 is 72.7. The molecule has 4 aliphatic carbocycles. The third-order valence-electron chi connectivity index (χ3n) is 11.2. The number of rotatable bonds is 4. The predicted octanol–water partition coefficient (Wildman–Crippen LogP) is 12.2. The first kappa shape index (κ1) is 32.1. The van der Waals surface area contributed by atoms with E-state index in [1.165, 1.54) is 28.5 Å². The monoisotopic (exact) mass is 614 g/mol. The Balaban J connectivity index is 0.00000180. The summed E-state index contributed by atoms with van der Waals surface area (Å²) in [6.45, 7) is 11.1. The summed E-state index contributed by atoms with van der Waals surface area (Å²) in [5, 5.41) is 0. The largest absolute Gasteiger partial charge is 0.453 e. The van der Waals surface area contributed by atoms with Crippen LogP contribution in [-0.4, -0.2) is 18.4 Å². The molecule has 0 aliphatic heterocycles. The normalized spacial score (nSPS) is 30.5. The Labute approximate surface area is 257 Å². The van der Waals surface area contributed by atoms with E-state index in [4.69, 9.17) is 0 Å². The Morgan fingerprint density at radius 2 is 1.44 bits per heavy atom. The van der Waals surface area contributed by atoms with Crippen LogP contribution in [0.25, 0.3) is 11.1 Å². The van der Waals surface area contributed by atoms with Gasteiger partial charge in [0, 0.05) is 16.2 Å². The molecule has 232 valence electrons. The summed E-state index contributed by atoms with van der Waals surface area (Å²) in [6.07, 6.45) is 2.59. The minimum atomic E-state index is -5.58. The van der Waals surface area contributed by atoms with Gasteiger partial charge in [-0.25, -0.2) is 0 Å². The van der Waals surface area contributed by atoms with Crippen molar-refractivity contribution >= 4 is 11.8 Å². The molecule has 0 radical (unpaired) electrons. The highest BCUT2D eigenvalue weighted by molar-refractivity contribution is 7.98.